The lowest BCUT2D eigenvalue weighted by Gasteiger charge is -2.06. The van der Waals surface area contributed by atoms with Gasteiger partial charge in [-0.25, -0.2) is 0 Å². The molecule has 0 heterocycles. The van der Waals surface area contributed by atoms with E-state index in [0.717, 1.165) is 19.3 Å². The van der Waals surface area contributed by atoms with E-state index in [1.165, 1.54) is 5.92 Å². The first kappa shape index (κ1) is 9.49. The van der Waals surface area contributed by atoms with Gasteiger partial charge in [-0.3, -0.25) is 0 Å². The molecule has 0 aromatic rings. The fourth-order valence-electron chi connectivity index (χ4n) is 0.823. The van der Waals surface area contributed by atoms with Gasteiger partial charge < -0.3 is 0 Å². The monoisotopic (exact) mass is 138 g/mol. The van der Waals surface area contributed by atoms with Crippen LogP contribution in [-0.4, -0.2) is 0 Å². The SMILES string of the molecule is CCC(C#N)CC[C](C)C. The van der Waals surface area contributed by atoms with Gasteiger partial charge in [0.05, 0.1) is 6.07 Å². The van der Waals surface area contributed by atoms with Gasteiger partial charge in [0.15, 0.2) is 0 Å². The van der Waals surface area contributed by atoms with E-state index in [2.05, 4.69) is 26.8 Å². The van der Waals surface area contributed by atoms with Crippen LogP contribution >= 0.6 is 0 Å². The van der Waals surface area contributed by atoms with Crippen molar-refractivity contribution in [3.8, 4) is 6.07 Å². The lowest BCUT2D eigenvalue weighted by Crippen LogP contribution is -1.96. The first-order valence-electron chi connectivity index (χ1n) is 3.89. The molecule has 0 rings (SSSR count). The molecule has 0 amide bonds. The molecule has 0 aliphatic carbocycles. The van der Waals surface area contributed by atoms with Crippen LogP contribution in [0.15, 0.2) is 0 Å². The van der Waals surface area contributed by atoms with Gasteiger partial charge in [-0.15, -0.1) is 0 Å². The van der Waals surface area contributed by atoms with E-state index in [-0.39, 0.29) is 5.92 Å². The Bertz CT molecular complexity index is 110. The van der Waals surface area contributed by atoms with Gasteiger partial charge in [0.25, 0.3) is 0 Å². The minimum atomic E-state index is 0.273. The van der Waals surface area contributed by atoms with Crippen LogP contribution in [0, 0.1) is 23.2 Å². The van der Waals surface area contributed by atoms with E-state index in [9.17, 15) is 0 Å². The van der Waals surface area contributed by atoms with E-state index < -0.39 is 0 Å². The second-order valence-electron chi connectivity index (χ2n) is 2.98. The molecule has 0 fully saturated rings. The summed E-state index contributed by atoms with van der Waals surface area (Å²) in [7, 11) is 0. The predicted molar refractivity (Wildman–Crippen MR) is 43.2 cm³/mol. The largest absolute Gasteiger partial charge is 0.198 e. The molecule has 0 bridgehead atoms. The molecule has 0 saturated heterocycles. The van der Waals surface area contributed by atoms with Crippen molar-refractivity contribution in [1.29, 1.82) is 5.26 Å². The van der Waals surface area contributed by atoms with Crippen LogP contribution in [0.4, 0.5) is 0 Å². The standard InChI is InChI=1S/C9H16N/c1-4-9(7-10)6-5-8(2)3/h9H,4-6H2,1-3H3. The Hall–Kier alpha value is -0.510. The van der Waals surface area contributed by atoms with Crippen LogP contribution in [0.1, 0.15) is 40.0 Å². The Labute approximate surface area is 64.1 Å². The van der Waals surface area contributed by atoms with Crippen molar-refractivity contribution >= 4 is 0 Å². The molecule has 1 atom stereocenters. The van der Waals surface area contributed by atoms with Crippen LogP contribution in [0.25, 0.3) is 0 Å². The smallest absolute Gasteiger partial charge is 0.0655 e. The highest BCUT2D eigenvalue weighted by atomic mass is 14.3. The van der Waals surface area contributed by atoms with E-state index in [1.807, 2.05) is 0 Å². The highest BCUT2D eigenvalue weighted by Gasteiger charge is 2.04. The molecule has 1 unspecified atom stereocenters. The van der Waals surface area contributed by atoms with E-state index in [4.69, 9.17) is 5.26 Å². The minimum absolute atomic E-state index is 0.273. The zero-order valence-electron chi connectivity index (χ0n) is 7.15. The zero-order valence-corrected chi connectivity index (χ0v) is 7.15. The van der Waals surface area contributed by atoms with Gasteiger partial charge in [0.1, 0.15) is 0 Å². The summed E-state index contributed by atoms with van der Waals surface area (Å²) in [5, 5.41) is 8.58. The first-order chi connectivity index (χ1) is 4.70. The average Bonchev–Trinajstić information content (AvgIpc) is 1.90. The molecule has 1 nitrogen and oxygen atoms in total. The van der Waals surface area contributed by atoms with Gasteiger partial charge in [-0.2, -0.15) is 5.26 Å². The number of hydrogen-bond donors (Lipinski definition) is 0. The predicted octanol–water partition coefficient (Wildman–Crippen LogP) is 2.93. The van der Waals surface area contributed by atoms with Crippen molar-refractivity contribution in [2.24, 2.45) is 5.92 Å². The van der Waals surface area contributed by atoms with Crippen molar-refractivity contribution in [2.45, 2.75) is 40.0 Å². The molecule has 10 heavy (non-hydrogen) atoms. The summed E-state index contributed by atoms with van der Waals surface area (Å²) >= 11 is 0. The van der Waals surface area contributed by atoms with Gasteiger partial charge in [-0.1, -0.05) is 20.8 Å². The first-order valence-corrected chi connectivity index (χ1v) is 3.89. The van der Waals surface area contributed by atoms with Crippen LogP contribution in [0.2, 0.25) is 0 Å². The third-order valence-electron chi connectivity index (χ3n) is 1.67. The molecule has 0 aliphatic heterocycles. The molecule has 0 aliphatic rings. The molecule has 0 spiro atoms. The fraction of sp³-hybridized carbons (Fsp3) is 0.778. The van der Waals surface area contributed by atoms with Crippen LogP contribution < -0.4 is 0 Å². The summed E-state index contributed by atoms with van der Waals surface area (Å²) in [6.45, 7) is 6.30. The third-order valence-corrected chi connectivity index (χ3v) is 1.67. The number of rotatable bonds is 4. The summed E-state index contributed by atoms with van der Waals surface area (Å²) in [5.74, 6) is 1.70. The van der Waals surface area contributed by atoms with Gasteiger partial charge in [0.2, 0.25) is 0 Å². The molecule has 1 radical (unpaired) electrons. The van der Waals surface area contributed by atoms with E-state index >= 15 is 0 Å². The van der Waals surface area contributed by atoms with Crippen molar-refractivity contribution in [1.82, 2.24) is 0 Å². The Kier molecular flexibility index (Phi) is 5.02. The molecular formula is C9H16N. The maximum Gasteiger partial charge on any atom is 0.0655 e. The summed E-state index contributed by atoms with van der Waals surface area (Å²) < 4.78 is 0. The molecule has 0 N–H and O–H groups in total. The summed E-state index contributed by atoms with van der Waals surface area (Å²) in [6, 6.07) is 2.29. The Balaban J connectivity index is 3.38. The lowest BCUT2D eigenvalue weighted by molar-refractivity contribution is 0.564. The molecule has 0 aromatic carbocycles. The molecule has 1 heteroatoms. The Morgan fingerprint density at radius 3 is 2.40 bits per heavy atom. The van der Waals surface area contributed by atoms with Gasteiger partial charge in [-0.05, 0) is 25.2 Å². The number of nitrogens with zero attached hydrogens (tertiary/aromatic N) is 1. The Morgan fingerprint density at radius 1 is 1.50 bits per heavy atom. The van der Waals surface area contributed by atoms with Crippen molar-refractivity contribution in [3.63, 3.8) is 0 Å². The van der Waals surface area contributed by atoms with Crippen LogP contribution in [0.3, 0.4) is 0 Å². The summed E-state index contributed by atoms with van der Waals surface area (Å²) in [4.78, 5) is 0. The van der Waals surface area contributed by atoms with Crippen LogP contribution in [0.5, 0.6) is 0 Å². The number of nitriles is 1. The summed E-state index contributed by atoms with van der Waals surface area (Å²) in [5.41, 5.74) is 0. The molecular weight excluding hydrogens is 122 g/mol. The summed E-state index contributed by atoms with van der Waals surface area (Å²) in [6.07, 6.45) is 3.13. The van der Waals surface area contributed by atoms with E-state index in [0.29, 0.717) is 0 Å². The fourth-order valence-corrected chi connectivity index (χ4v) is 0.823. The van der Waals surface area contributed by atoms with Gasteiger partial charge in [0, 0.05) is 5.92 Å². The average molecular weight is 138 g/mol. The maximum atomic E-state index is 8.58. The maximum absolute atomic E-state index is 8.58. The van der Waals surface area contributed by atoms with E-state index in [1.54, 1.807) is 0 Å². The van der Waals surface area contributed by atoms with Crippen LogP contribution in [-0.2, 0) is 0 Å². The quantitative estimate of drug-likeness (QED) is 0.586. The second kappa shape index (κ2) is 5.29. The van der Waals surface area contributed by atoms with Gasteiger partial charge >= 0.3 is 0 Å². The second-order valence-corrected chi connectivity index (χ2v) is 2.98. The third kappa shape index (κ3) is 4.38. The highest BCUT2D eigenvalue weighted by molar-refractivity contribution is 4.86. The topological polar surface area (TPSA) is 23.8 Å². The zero-order chi connectivity index (χ0) is 7.98. The molecule has 0 aromatic heterocycles. The van der Waals surface area contributed by atoms with Crippen molar-refractivity contribution in [3.05, 3.63) is 5.92 Å². The lowest BCUT2D eigenvalue weighted by atomic mass is 9.97. The normalized spacial score (nSPS) is 13.1. The highest BCUT2D eigenvalue weighted by Crippen LogP contribution is 2.14. The Morgan fingerprint density at radius 2 is 2.10 bits per heavy atom. The minimum Gasteiger partial charge on any atom is -0.198 e. The molecule has 0 saturated carbocycles. The number of hydrogen-bond acceptors (Lipinski definition) is 1. The van der Waals surface area contributed by atoms with Crippen molar-refractivity contribution < 1.29 is 0 Å². The van der Waals surface area contributed by atoms with Crippen molar-refractivity contribution in [2.75, 3.05) is 0 Å². The molecule has 57 valence electrons.